The van der Waals surface area contributed by atoms with Gasteiger partial charge in [0.1, 0.15) is 0 Å². The second-order valence-corrected chi connectivity index (χ2v) is 12.3. The van der Waals surface area contributed by atoms with Crippen molar-refractivity contribution in [2.75, 3.05) is 19.7 Å². The Balaban J connectivity index is 4.98. The van der Waals surface area contributed by atoms with Gasteiger partial charge < -0.3 is 0 Å². The third-order valence-corrected chi connectivity index (χ3v) is 7.28. The maximum absolute atomic E-state index is 12.6. The van der Waals surface area contributed by atoms with Gasteiger partial charge in [0.2, 0.25) is 0 Å². The average Bonchev–Trinajstić information content (AvgIpc) is 2.49. The number of hydrogen-bond acceptors (Lipinski definition) is 4. The van der Waals surface area contributed by atoms with Crippen LogP contribution in [0.4, 0.5) is 0 Å². The monoisotopic (exact) mass is 436 g/mol. The summed E-state index contributed by atoms with van der Waals surface area (Å²) in [5.74, 6) is -0.373. The van der Waals surface area contributed by atoms with E-state index in [2.05, 4.69) is 39.9 Å². The van der Waals surface area contributed by atoms with Gasteiger partial charge in [-0.25, -0.2) is 0 Å². The van der Waals surface area contributed by atoms with Crippen LogP contribution in [0.2, 0.25) is 9.13 Å². The molecule has 2 atom stereocenters. The van der Waals surface area contributed by atoms with Gasteiger partial charge in [-0.1, -0.05) is 0 Å². The van der Waals surface area contributed by atoms with E-state index >= 15 is 0 Å². The quantitative estimate of drug-likeness (QED) is 0.487. The Hall–Kier alpha value is -0.911. The molecular weight excluding hydrogens is 399 g/mol. The van der Waals surface area contributed by atoms with E-state index in [1.54, 1.807) is 0 Å². The molecule has 2 N–H and O–H groups in total. The zero-order chi connectivity index (χ0) is 20.5. The van der Waals surface area contributed by atoms with Gasteiger partial charge in [0, 0.05) is 0 Å². The van der Waals surface area contributed by atoms with E-state index in [0.717, 1.165) is 0 Å². The SMILES string of the molecule is CCCN(CC(C)=O)C(=O)C(CO)NC(=O)CC([Se]C(C)(C)C)C(C)C. The van der Waals surface area contributed by atoms with Crippen LogP contribution in [0, 0.1) is 5.92 Å². The van der Waals surface area contributed by atoms with Gasteiger partial charge in [0.05, 0.1) is 0 Å². The zero-order valence-electron chi connectivity index (χ0n) is 17.3. The number of Topliss-reactive ketones (excluding diaryl/α,β-unsaturated/α-hetero) is 1. The first-order chi connectivity index (χ1) is 11.9. The first-order valence-electron chi connectivity index (χ1n) is 9.27. The number of ketones is 1. The summed E-state index contributed by atoms with van der Waals surface area (Å²) < 4.78 is 0.174. The number of nitrogens with zero attached hydrogens (tertiary/aromatic N) is 1. The van der Waals surface area contributed by atoms with Crippen LogP contribution >= 0.6 is 0 Å². The number of aliphatic hydroxyl groups is 1. The average molecular weight is 435 g/mol. The topological polar surface area (TPSA) is 86.7 Å². The van der Waals surface area contributed by atoms with Crippen molar-refractivity contribution in [2.45, 2.75) is 76.5 Å². The molecule has 6 nitrogen and oxygen atoms in total. The molecule has 2 amide bonds. The Morgan fingerprint density at radius 3 is 2.15 bits per heavy atom. The Kier molecular flexibility index (Phi) is 11.3. The van der Waals surface area contributed by atoms with Crippen LogP contribution in [0.3, 0.4) is 0 Å². The number of amides is 2. The van der Waals surface area contributed by atoms with Crippen molar-refractivity contribution >= 4 is 32.6 Å². The van der Waals surface area contributed by atoms with Gasteiger partial charge >= 0.3 is 164 Å². The molecule has 0 radical (unpaired) electrons. The van der Waals surface area contributed by atoms with Crippen LogP contribution in [-0.4, -0.2) is 68.3 Å². The number of carbonyl (C=O) groups excluding carboxylic acids is 3. The summed E-state index contributed by atoms with van der Waals surface area (Å²) in [6.45, 7) is 14.0. The fourth-order valence-corrected chi connectivity index (χ4v) is 5.48. The molecule has 0 saturated carbocycles. The molecule has 0 heterocycles. The molecule has 26 heavy (non-hydrogen) atoms. The second kappa shape index (κ2) is 11.7. The first kappa shape index (κ1) is 25.1. The van der Waals surface area contributed by atoms with E-state index in [1.807, 2.05) is 6.92 Å². The molecule has 0 aromatic heterocycles. The van der Waals surface area contributed by atoms with Crippen LogP contribution in [0.5, 0.6) is 0 Å². The van der Waals surface area contributed by atoms with Crippen LogP contribution in [0.1, 0.15) is 61.3 Å². The second-order valence-electron chi connectivity index (χ2n) is 7.98. The van der Waals surface area contributed by atoms with E-state index in [0.29, 0.717) is 25.3 Å². The van der Waals surface area contributed by atoms with E-state index in [9.17, 15) is 19.5 Å². The molecule has 0 rings (SSSR count). The molecule has 7 heteroatoms. The van der Waals surface area contributed by atoms with E-state index in [4.69, 9.17) is 0 Å². The minimum atomic E-state index is -0.997. The van der Waals surface area contributed by atoms with Crippen molar-refractivity contribution in [3.63, 3.8) is 0 Å². The molecule has 0 aromatic rings. The van der Waals surface area contributed by atoms with Gasteiger partial charge in [-0.05, 0) is 0 Å². The van der Waals surface area contributed by atoms with Crippen molar-refractivity contribution in [1.29, 1.82) is 0 Å². The Bertz CT molecular complexity index is 475. The van der Waals surface area contributed by atoms with Crippen molar-refractivity contribution < 1.29 is 19.5 Å². The predicted molar refractivity (Wildman–Crippen MR) is 105 cm³/mol. The number of hydrogen-bond donors (Lipinski definition) is 2. The molecule has 2 unspecified atom stereocenters. The molecule has 0 bridgehead atoms. The molecule has 0 saturated heterocycles. The normalized spacial score (nSPS) is 14.0. The van der Waals surface area contributed by atoms with Crippen LogP contribution < -0.4 is 5.32 Å². The summed E-state index contributed by atoms with van der Waals surface area (Å²) >= 11 is 0.278. The minimum absolute atomic E-state index is 0.000792. The Morgan fingerprint density at radius 1 is 1.19 bits per heavy atom. The summed E-state index contributed by atoms with van der Waals surface area (Å²) in [5.41, 5.74) is 0. The molecule has 152 valence electrons. The van der Waals surface area contributed by atoms with Gasteiger partial charge in [-0.2, -0.15) is 0 Å². The molecular formula is C19H36N2O4Se. The number of carbonyl (C=O) groups is 3. The van der Waals surface area contributed by atoms with E-state index in [1.165, 1.54) is 11.8 Å². The standard InChI is InChI=1S/C19H36N2O4Se/c1-8-9-21(11-14(4)23)18(25)15(12-22)20-17(24)10-16(13(2)3)26-19(5,6)7/h13,15-16,22H,8-12H2,1-7H3,(H,20,24). The van der Waals surface area contributed by atoms with Gasteiger partial charge in [0.15, 0.2) is 0 Å². The van der Waals surface area contributed by atoms with Gasteiger partial charge in [-0.3, -0.25) is 0 Å². The van der Waals surface area contributed by atoms with Gasteiger partial charge in [0.25, 0.3) is 0 Å². The van der Waals surface area contributed by atoms with Gasteiger partial charge in [-0.15, -0.1) is 0 Å². The molecule has 0 aliphatic carbocycles. The molecule has 0 aliphatic rings. The third kappa shape index (κ3) is 10.3. The van der Waals surface area contributed by atoms with Crippen molar-refractivity contribution in [3.05, 3.63) is 0 Å². The fraction of sp³-hybridized carbons (Fsp3) is 0.842. The summed E-state index contributed by atoms with van der Waals surface area (Å²) in [6.07, 6.45) is 1.05. The molecule has 0 aromatic carbocycles. The van der Waals surface area contributed by atoms with E-state index in [-0.39, 0.29) is 42.3 Å². The summed E-state index contributed by atoms with van der Waals surface area (Å²) in [5, 5.41) is 12.3. The predicted octanol–water partition coefficient (Wildman–Crippen LogP) is 2.05. The Morgan fingerprint density at radius 2 is 1.77 bits per heavy atom. The zero-order valence-corrected chi connectivity index (χ0v) is 19.0. The van der Waals surface area contributed by atoms with Crippen LogP contribution in [0.25, 0.3) is 0 Å². The van der Waals surface area contributed by atoms with Crippen LogP contribution in [-0.2, 0) is 14.4 Å². The summed E-state index contributed by atoms with van der Waals surface area (Å²) in [6, 6.07) is -0.997. The van der Waals surface area contributed by atoms with Crippen molar-refractivity contribution in [2.24, 2.45) is 5.92 Å². The van der Waals surface area contributed by atoms with Crippen molar-refractivity contribution in [3.8, 4) is 0 Å². The van der Waals surface area contributed by atoms with Crippen molar-refractivity contribution in [1.82, 2.24) is 10.2 Å². The number of aliphatic hydroxyl groups excluding tert-OH is 1. The van der Waals surface area contributed by atoms with Crippen LogP contribution in [0.15, 0.2) is 0 Å². The first-order valence-corrected chi connectivity index (χ1v) is 11.1. The third-order valence-electron chi connectivity index (χ3n) is 3.67. The molecule has 0 fully saturated rings. The number of rotatable bonds is 11. The fourth-order valence-electron chi connectivity index (χ4n) is 2.52. The molecule has 0 spiro atoms. The summed E-state index contributed by atoms with van der Waals surface area (Å²) in [4.78, 5) is 38.1. The maximum atomic E-state index is 12.6. The summed E-state index contributed by atoms with van der Waals surface area (Å²) in [7, 11) is 0. The number of nitrogens with one attached hydrogen (secondary N) is 1. The molecule has 0 aliphatic heterocycles. The Labute approximate surface area is 164 Å². The van der Waals surface area contributed by atoms with E-state index < -0.39 is 18.6 Å².